The molecule has 3 rings (SSSR count). The van der Waals surface area contributed by atoms with Crippen LogP contribution in [0, 0.1) is 0 Å². The number of benzene rings is 2. The van der Waals surface area contributed by atoms with Crippen LogP contribution in [0.15, 0.2) is 59.5 Å². The minimum Gasteiger partial charge on any atom is -0.339 e. The fourth-order valence-electron chi connectivity index (χ4n) is 3.10. The molecule has 126 valence electrons. The van der Waals surface area contributed by atoms with Gasteiger partial charge in [0.1, 0.15) is 0 Å². The first-order valence-corrected chi connectivity index (χ1v) is 9.32. The van der Waals surface area contributed by atoms with Gasteiger partial charge in [-0.2, -0.15) is 0 Å². The van der Waals surface area contributed by atoms with E-state index in [-0.39, 0.29) is 23.1 Å². The van der Waals surface area contributed by atoms with Crippen molar-refractivity contribution in [1.29, 1.82) is 0 Å². The molecule has 0 radical (unpaired) electrons. The molecule has 0 bridgehead atoms. The van der Waals surface area contributed by atoms with Crippen molar-refractivity contribution >= 4 is 29.3 Å². The number of hydrogen-bond acceptors (Lipinski definition) is 3. The normalized spacial score (nSPS) is 21.7. The number of halogens is 1. The summed E-state index contributed by atoms with van der Waals surface area (Å²) in [5, 5.41) is 0.494. The van der Waals surface area contributed by atoms with Crippen molar-refractivity contribution in [3.05, 3.63) is 65.2 Å². The van der Waals surface area contributed by atoms with Gasteiger partial charge in [0, 0.05) is 29.9 Å². The standard InChI is InChI=1S/C19H21ClN2OS/c1-13(24-18-10-6-5-9-16(18)20)19(23)22-11-15(17(21)12-22)14-7-3-2-4-8-14/h2-10,13,15,17H,11-12,21H2,1H3/t13?,15-,17+/m0/s1. The Kier molecular flexibility index (Phi) is 5.49. The van der Waals surface area contributed by atoms with Crippen LogP contribution in [0.4, 0.5) is 0 Å². The van der Waals surface area contributed by atoms with Crippen LogP contribution >= 0.6 is 23.4 Å². The highest BCUT2D eigenvalue weighted by Gasteiger charge is 2.35. The van der Waals surface area contributed by atoms with Crippen LogP contribution in [0.2, 0.25) is 5.02 Å². The van der Waals surface area contributed by atoms with Gasteiger partial charge in [0.05, 0.1) is 10.3 Å². The molecular weight excluding hydrogens is 340 g/mol. The maximum absolute atomic E-state index is 12.8. The van der Waals surface area contributed by atoms with E-state index in [2.05, 4.69) is 12.1 Å². The highest BCUT2D eigenvalue weighted by molar-refractivity contribution is 8.00. The zero-order valence-electron chi connectivity index (χ0n) is 13.6. The average Bonchev–Trinajstić information content (AvgIpc) is 2.98. The fourth-order valence-corrected chi connectivity index (χ4v) is 4.34. The number of amides is 1. The minimum absolute atomic E-state index is 0.0196. The van der Waals surface area contributed by atoms with Gasteiger partial charge in [-0.25, -0.2) is 0 Å². The van der Waals surface area contributed by atoms with Gasteiger partial charge >= 0.3 is 0 Å². The summed E-state index contributed by atoms with van der Waals surface area (Å²) < 4.78 is 0. The monoisotopic (exact) mass is 360 g/mol. The zero-order valence-corrected chi connectivity index (χ0v) is 15.1. The summed E-state index contributed by atoms with van der Waals surface area (Å²) in [6, 6.07) is 17.8. The second kappa shape index (κ2) is 7.60. The van der Waals surface area contributed by atoms with Crippen molar-refractivity contribution in [3.63, 3.8) is 0 Å². The van der Waals surface area contributed by atoms with Crippen LogP contribution in [0.1, 0.15) is 18.4 Å². The van der Waals surface area contributed by atoms with Crippen LogP contribution in [-0.4, -0.2) is 35.2 Å². The molecule has 2 N–H and O–H groups in total. The molecule has 1 fully saturated rings. The van der Waals surface area contributed by atoms with Gasteiger partial charge in [0.15, 0.2) is 0 Å². The Morgan fingerprint density at radius 1 is 1.17 bits per heavy atom. The quantitative estimate of drug-likeness (QED) is 0.844. The molecule has 1 heterocycles. The molecule has 1 aliphatic heterocycles. The van der Waals surface area contributed by atoms with Gasteiger partial charge in [-0.15, -0.1) is 11.8 Å². The van der Waals surface area contributed by atoms with E-state index < -0.39 is 0 Å². The highest BCUT2D eigenvalue weighted by Crippen LogP contribution is 2.33. The molecule has 24 heavy (non-hydrogen) atoms. The van der Waals surface area contributed by atoms with E-state index in [1.165, 1.54) is 17.3 Å². The van der Waals surface area contributed by atoms with Gasteiger partial charge in [-0.1, -0.05) is 54.1 Å². The molecule has 2 aromatic rings. The van der Waals surface area contributed by atoms with Gasteiger partial charge in [-0.3, -0.25) is 4.79 Å². The molecule has 3 nitrogen and oxygen atoms in total. The molecule has 1 aliphatic rings. The second-order valence-corrected chi connectivity index (χ2v) is 7.90. The number of thioether (sulfide) groups is 1. The molecule has 0 spiro atoms. The number of rotatable bonds is 4. The number of nitrogens with two attached hydrogens (primary N) is 1. The Labute approximate surface area is 152 Å². The molecule has 3 atom stereocenters. The first-order chi connectivity index (χ1) is 11.6. The molecule has 1 amide bonds. The summed E-state index contributed by atoms with van der Waals surface area (Å²) >= 11 is 7.69. The third-order valence-electron chi connectivity index (χ3n) is 4.39. The van der Waals surface area contributed by atoms with E-state index in [9.17, 15) is 4.79 Å². The third kappa shape index (κ3) is 3.77. The molecule has 5 heteroatoms. The molecule has 1 saturated heterocycles. The first-order valence-electron chi connectivity index (χ1n) is 8.06. The summed E-state index contributed by atoms with van der Waals surface area (Å²) in [5.74, 6) is 0.321. The Morgan fingerprint density at radius 2 is 1.83 bits per heavy atom. The third-order valence-corrected chi connectivity index (χ3v) is 6.00. The average molecular weight is 361 g/mol. The van der Waals surface area contributed by atoms with Gasteiger partial charge in [-0.05, 0) is 24.6 Å². The van der Waals surface area contributed by atoms with Gasteiger partial charge in [0.2, 0.25) is 5.91 Å². The Hall–Kier alpha value is -1.49. The summed E-state index contributed by atoms with van der Waals surface area (Å²) in [5.41, 5.74) is 7.49. The Morgan fingerprint density at radius 3 is 2.54 bits per heavy atom. The molecule has 0 saturated carbocycles. The van der Waals surface area contributed by atoms with E-state index >= 15 is 0 Å². The summed E-state index contributed by atoms with van der Waals surface area (Å²) in [6.07, 6.45) is 0. The molecule has 0 aliphatic carbocycles. The zero-order chi connectivity index (χ0) is 17.1. The van der Waals surface area contributed by atoms with Crippen molar-refractivity contribution in [2.24, 2.45) is 5.73 Å². The van der Waals surface area contributed by atoms with Crippen LogP contribution in [0.5, 0.6) is 0 Å². The van der Waals surface area contributed by atoms with Crippen molar-refractivity contribution < 1.29 is 4.79 Å². The number of carbonyl (C=O) groups excluding carboxylic acids is 1. The molecule has 1 unspecified atom stereocenters. The summed E-state index contributed by atoms with van der Waals surface area (Å²) in [6.45, 7) is 3.21. The maximum Gasteiger partial charge on any atom is 0.235 e. The number of nitrogens with zero attached hydrogens (tertiary/aromatic N) is 1. The van der Waals surface area contributed by atoms with E-state index in [0.717, 1.165) is 4.90 Å². The predicted molar refractivity (Wildman–Crippen MR) is 101 cm³/mol. The summed E-state index contributed by atoms with van der Waals surface area (Å²) in [7, 11) is 0. The topological polar surface area (TPSA) is 46.3 Å². The van der Waals surface area contributed by atoms with E-state index in [0.29, 0.717) is 18.1 Å². The SMILES string of the molecule is CC(Sc1ccccc1Cl)C(=O)N1C[C@@H](N)[C@H](c2ccccc2)C1. The lowest BCUT2D eigenvalue weighted by Crippen LogP contribution is -2.36. The number of likely N-dealkylation sites (tertiary alicyclic amines) is 1. The van der Waals surface area contributed by atoms with E-state index in [1.54, 1.807) is 0 Å². The summed E-state index contributed by atoms with van der Waals surface area (Å²) in [4.78, 5) is 15.6. The molecule has 0 aromatic heterocycles. The fraction of sp³-hybridized carbons (Fsp3) is 0.316. The van der Waals surface area contributed by atoms with Crippen LogP contribution in [0.25, 0.3) is 0 Å². The van der Waals surface area contributed by atoms with Gasteiger partial charge < -0.3 is 10.6 Å². The van der Waals surface area contributed by atoms with Gasteiger partial charge in [0.25, 0.3) is 0 Å². The Bertz CT molecular complexity index is 710. The first kappa shape index (κ1) is 17.3. The predicted octanol–water partition coefficient (Wildman–Crippen LogP) is 3.77. The van der Waals surface area contributed by atoms with Crippen molar-refractivity contribution in [1.82, 2.24) is 4.90 Å². The molecule has 2 aromatic carbocycles. The van der Waals surface area contributed by atoms with Crippen LogP contribution in [0.3, 0.4) is 0 Å². The lowest BCUT2D eigenvalue weighted by atomic mass is 9.95. The lowest BCUT2D eigenvalue weighted by molar-refractivity contribution is -0.129. The minimum atomic E-state index is -0.188. The van der Waals surface area contributed by atoms with Crippen molar-refractivity contribution in [3.8, 4) is 0 Å². The Balaban J connectivity index is 1.66. The lowest BCUT2D eigenvalue weighted by Gasteiger charge is -2.21. The highest BCUT2D eigenvalue weighted by atomic mass is 35.5. The molecular formula is C19H21ClN2OS. The largest absolute Gasteiger partial charge is 0.339 e. The smallest absolute Gasteiger partial charge is 0.235 e. The van der Waals surface area contributed by atoms with E-state index in [1.807, 2.05) is 54.3 Å². The number of hydrogen-bond donors (Lipinski definition) is 1. The van der Waals surface area contributed by atoms with Crippen molar-refractivity contribution in [2.75, 3.05) is 13.1 Å². The van der Waals surface area contributed by atoms with Crippen molar-refractivity contribution in [2.45, 2.75) is 29.0 Å². The van der Waals surface area contributed by atoms with Crippen LogP contribution < -0.4 is 5.73 Å². The second-order valence-electron chi connectivity index (χ2n) is 6.11. The van der Waals surface area contributed by atoms with Crippen LogP contribution in [-0.2, 0) is 4.79 Å². The van der Waals surface area contributed by atoms with E-state index in [4.69, 9.17) is 17.3 Å². The number of carbonyl (C=O) groups is 1. The maximum atomic E-state index is 12.8.